The van der Waals surface area contributed by atoms with Crippen molar-refractivity contribution in [2.75, 3.05) is 19.7 Å². The summed E-state index contributed by atoms with van der Waals surface area (Å²) in [5, 5.41) is 19.5. The number of aliphatic hydroxyl groups is 1. The molecule has 144 valence electrons. The van der Waals surface area contributed by atoms with Gasteiger partial charge in [0.1, 0.15) is 18.7 Å². The van der Waals surface area contributed by atoms with Crippen LogP contribution in [0.2, 0.25) is 0 Å². The fourth-order valence-electron chi connectivity index (χ4n) is 3.25. The lowest BCUT2D eigenvalue weighted by Gasteiger charge is -2.30. The Morgan fingerprint density at radius 1 is 1.07 bits per heavy atom. The van der Waals surface area contributed by atoms with E-state index in [9.17, 15) is 9.59 Å². The van der Waals surface area contributed by atoms with E-state index in [1.807, 2.05) is 4.90 Å². The van der Waals surface area contributed by atoms with E-state index in [-0.39, 0.29) is 18.4 Å². The molecule has 27 heavy (non-hydrogen) atoms. The first-order chi connectivity index (χ1) is 13.2. The Kier molecular flexibility index (Phi) is 6.54. The van der Waals surface area contributed by atoms with E-state index in [0.29, 0.717) is 18.4 Å². The first-order valence-corrected chi connectivity index (χ1v) is 9.34. The molecule has 0 radical (unpaired) electrons. The lowest BCUT2D eigenvalue weighted by Crippen LogP contribution is -2.50. The summed E-state index contributed by atoms with van der Waals surface area (Å²) in [5.41, 5.74) is 1.32. The summed E-state index contributed by atoms with van der Waals surface area (Å²) in [4.78, 5) is 27.2. The number of hydrogen-bond donors (Lipinski definition) is 2. The molecule has 1 aliphatic heterocycles. The van der Waals surface area contributed by atoms with E-state index >= 15 is 0 Å². The maximum absolute atomic E-state index is 12.8. The molecule has 2 N–H and O–H groups in total. The van der Waals surface area contributed by atoms with Crippen LogP contribution in [0.3, 0.4) is 0 Å². The number of rotatable bonds is 7. The molecule has 0 spiro atoms. The molecule has 1 aromatic carbocycles. The first-order valence-electron chi connectivity index (χ1n) is 9.34. The minimum Gasteiger partial charge on any atom is -0.396 e. The molecule has 0 saturated carbocycles. The number of piperidine rings is 1. The second kappa shape index (κ2) is 9.27. The van der Waals surface area contributed by atoms with Gasteiger partial charge in [-0.2, -0.15) is 0 Å². The number of benzene rings is 1. The predicted molar refractivity (Wildman–Crippen MR) is 99.4 cm³/mol. The minimum atomic E-state index is -0.611. The first kappa shape index (κ1) is 19.0. The average Bonchev–Trinajstić information content (AvgIpc) is 3.26. The molecule has 1 saturated heterocycles. The van der Waals surface area contributed by atoms with Crippen molar-refractivity contribution in [3.8, 4) is 5.69 Å². The highest BCUT2D eigenvalue weighted by Crippen LogP contribution is 2.13. The van der Waals surface area contributed by atoms with Crippen molar-refractivity contribution >= 4 is 11.8 Å². The number of carbonyl (C=O) groups is 2. The second-order valence-corrected chi connectivity index (χ2v) is 6.69. The Morgan fingerprint density at radius 2 is 1.74 bits per heavy atom. The van der Waals surface area contributed by atoms with Crippen LogP contribution in [0.5, 0.6) is 0 Å². The lowest BCUT2D eigenvalue weighted by molar-refractivity contribution is -0.134. The number of likely N-dealkylation sites (tertiary alicyclic amines) is 1. The van der Waals surface area contributed by atoms with E-state index in [2.05, 4.69) is 15.5 Å². The SMILES string of the molecule is O=C(N[C@@H](CCCO)C(=O)N1CCCCC1)c1ccc(-n2cnnc2)cc1. The summed E-state index contributed by atoms with van der Waals surface area (Å²) in [5.74, 6) is -0.351. The molecule has 0 aliphatic carbocycles. The molecular formula is C19H25N5O3. The van der Waals surface area contributed by atoms with Crippen molar-refractivity contribution in [2.24, 2.45) is 0 Å². The highest BCUT2D eigenvalue weighted by molar-refractivity contribution is 5.97. The third kappa shape index (κ3) is 4.91. The van der Waals surface area contributed by atoms with Crippen LogP contribution in [0.25, 0.3) is 5.69 Å². The Labute approximate surface area is 158 Å². The van der Waals surface area contributed by atoms with Gasteiger partial charge in [0.15, 0.2) is 0 Å². The fourth-order valence-corrected chi connectivity index (χ4v) is 3.25. The van der Waals surface area contributed by atoms with E-state index in [4.69, 9.17) is 5.11 Å². The van der Waals surface area contributed by atoms with Crippen LogP contribution in [-0.4, -0.2) is 62.3 Å². The number of hydrogen-bond acceptors (Lipinski definition) is 5. The maximum Gasteiger partial charge on any atom is 0.251 e. The summed E-state index contributed by atoms with van der Waals surface area (Å²) in [6.07, 6.45) is 7.19. The van der Waals surface area contributed by atoms with Crippen molar-refractivity contribution in [1.82, 2.24) is 25.0 Å². The highest BCUT2D eigenvalue weighted by atomic mass is 16.3. The molecule has 0 bridgehead atoms. The van der Waals surface area contributed by atoms with Gasteiger partial charge in [0, 0.05) is 30.9 Å². The molecule has 1 fully saturated rings. The molecule has 8 heteroatoms. The molecule has 1 aliphatic rings. The normalized spacial score (nSPS) is 15.4. The maximum atomic E-state index is 12.8. The largest absolute Gasteiger partial charge is 0.396 e. The van der Waals surface area contributed by atoms with Gasteiger partial charge < -0.3 is 15.3 Å². The zero-order chi connectivity index (χ0) is 19.1. The summed E-state index contributed by atoms with van der Waals surface area (Å²) in [6, 6.07) is 6.40. The summed E-state index contributed by atoms with van der Waals surface area (Å²) < 4.78 is 1.74. The zero-order valence-electron chi connectivity index (χ0n) is 15.3. The van der Waals surface area contributed by atoms with Crippen LogP contribution in [0, 0.1) is 0 Å². The van der Waals surface area contributed by atoms with Gasteiger partial charge in [0.2, 0.25) is 5.91 Å². The smallest absolute Gasteiger partial charge is 0.251 e. The predicted octanol–water partition coefficient (Wildman–Crippen LogP) is 1.15. The third-order valence-electron chi connectivity index (χ3n) is 4.77. The molecule has 2 amide bonds. The Balaban J connectivity index is 1.66. The van der Waals surface area contributed by atoms with Gasteiger partial charge in [-0.1, -0.05) is 0 Å². The summed E-state index contributed by atoms with van der Waals surface area (Å²) in [6.45, 7) is 1.46. The summed E-state index contributed by atoms with van der Waals surface area (Å²) >= 11 is 0. The molecule has 0 unspecified atom stereocenters. The Hall–Kier alpha value is -2.74. The van der Waals surface area contributed by atoms with Crippen LogP contribution in [0.4, 0.5) is 0 Å². The molecule has 1 aromatic heterocycles. The zero-order valence-corrected chi connectivity index (χ0v) is 15.3. The molecule has 3 rings (SSSR count). The van der Waals surface area contributed by atoms with Gasteiger partial charge in [0.05, 0.1) is 0 Å². The fraction of sp³-hybridized carbons (Fsp3) is 0.474. The monoisotopic (exact) mass is 371 g/mol. The van der Waals surface area contributed by atoms with Gasteiger partial charge in [-0.25, -0.2) is 0 Å². The molecule has 1 atom stereocenters. The topological polar surface area (TPSA) is 100 Å². The van der Waals surface area contributed by atoms with Gasteiger partial charge in [-0.15, -0.1) is 10.2 Å². The second-order valence-electron chi connectivity index (χ2n) is 6.69. The number of amides is 2. The van der Waals surface area contributed by atoms with E-state index < -0.39 is 6.04 Å². The van der Waals surface area contributed by atoms with E-state index in [1.165, 1.54) is 0 Å². The average molecular weight is 371 g/mol. The summed E-state index contributed by atoms with van der Waals surface area (Å²) in [7, 11) is 0. The molecular weight excluding hydrogens is 346 g/mol. The van der Waals surface area contributed by atoms with Crippen LogP contribution in [0.15, 0.2) is 36.9 Å². The van der Waals surface area contributed by atoms with Gasteiger partial charge in [-0.3, -0.25) is 14.2 Å². The van der Waals surface area contributed by atoms with E-state index in [0.717, 1.165) is 38.0 Å². The van der Waals surface area contributed by atoms with Gasteiger partial charge in [-0.05, 0) is 56.4 Å². The van der Waals surface area contributed by atoms with Crippen LogP contribution >= 0.6 is 0 Å². The van der Waals surface area contributed by atoms with Crippen molar-refractivity contribution in [1.29, 1.82) is 0 Å². The quantitative estimate of drug-likeness (QED) is 0.760. The lowest BCUT2D eigenvalue weighted by atomic mass is 10.1. The molecule has 2 heterocycles. The molecule has 8 nitrogen and oxygen atoms in total. The van der Waals surface area contributed by atoms with Crippen molar-refractivity contribution in [3.63, 3.8) is 0 Å². The van der Waals surface area contributed by atoms with Crippen LogP contribution < -0.4 is 5.32 Å². The Bertz CT molecular complexity index is 739. The number of aliphatic hydroxyl groups excluding tert-OH is 1. The van der Waals surface area contributed by atoms with Crippen molar-refractivity contribution in [3.05, 3.63) is 42.5 Å². The van der Waals surface area contributed by atoms with Gasteiger partial charge >= 0.3 is 0 Å². The number of nitrogens with one attached hydrogen (secondary N) is 1. The van der Waals surface area contributed by atoms with Crippen molar-refractivity contribution in [2.45, 2.75) is 38.1 Å². The number of carbonyl (C=O) groups excluding carboxylic acids is 2. The molecule has 2 aromatic rings. The third-order valence-corrected chi connectivity index (χ3v) is 4.77. The number of nitrogens with zero attached hydrogens (tertiary/aromatic N) is 4. The van der Waals surface area contributed by atoms with E-state index in [1.54, 1.807) is 41.5 Å². The highest BCUT2D eigenvalue weighted by Gasteiger charge is 2.26. The minimum absolute atomic E-state index is 0.00666. The van der Waals surface area contributed by atoms with Crippen LogP contribution in [-0.2, 0) is 4.79 Å². The van der Waals surface area contributed by atoms with Crippen molar-refractivity contribution < 1.29 is 14.7 Å². The van der Waals surface area contributed by atoms with Gasteiger partial charge in [0.25, 0.3) is 5.91 Å². The number of aromatic nitrogens is 3. The standard InChI is InChI=1S/C19H25N5O3/c25-12-4-5-17(19(27)23-10-2-1-3-11-23)22-18(26)15-6-8-16(9-7-15)24-13-20-21-14-24/h6-9,13-14,17,25H,1-5,10-12H2,(H,22,26)/t17-/m0/s1. The Morgan fingerprint density at radius 3 is 2.37 bits per heavy atom. The van der Waals surface area contributed by atoms with Crippen LogP contribution in [0.1, 0.15) is 42.5 Å².